The molecule has 0 aliphatic rings. The largest absolute Gasteiger partial charge is 0.480 e. The summed E-state index contributed by atoms with van der Waals surface area (Å²) in [5, 5.41) is 12.0. The summed E-state index contributed by atoms with van der Waals surface area (Å²) in [4.78, 5) is 23.2. The van der Waals surface area contributed by atoms with Crippen LogP contribution >= 0.6 is 0 Å². The van der Waals surface area contributed by atoms with E-state index in [-0.39, 0.29) is 0 Å². The normalized spacial score (nSPS) is 13.2. The van der Waals surface area contributed by atoms with E-state index < -0.39 is 29.2 Å². The summed E-state index contributed by atoms with van der Waals surface area (Å²) in [5.41, 5.74) is -0.751. The molecule has 6 heteroatoms. The lowest BCUT2D eigenvalue weighted by Crippen LogP contribution is -2.43. The number of carboxylic acids is 1. The van der Waals surface area contributed by atoms with Gasteiger partial charge < -0.3 is 19.9 Å². The fraction of sp³-hybridized carbons (Fsp3) is 0.579. The fourth-order valence-electron chi connectivity index (χ4n) is 2.06. The van der Waals surface area contributed by atoms with Crippen molar-refractivity contribution in [2.75, 3.05) is 0 Å². The molecule has 140 valence electrons. The molecule has 0 aliphatic heterocycles. The molecular weight excluding hydrogens is 322 g/mol. The number of ether oxygens (including phenoxy) is 2. The minimum absolute atomic E-state index is 0.432. The van der Waals surface area contributed by atoms with E-state index in [2.05, 4.69) is 5.32 Å². The molecule has 1 aromatic rings. The van der Waals surface area contributed by atoms with E-state index >= 15 is 0 Å². The van der Waals surface area contributed by atoms with E-state index in [9.17, 15) is 9.59 Å². The molecule has 0 amide bonds. The van der Waals surface area contributed by atoms with Crippen LogP contribution in [0.25, 0.3) is 0 Å². The highest BCUT2D eigenvalue weighted by Crippen LogP contribution is 2.22. The quantitative estimate of drug-likeness (QED) is 0.700. The number of benzene rings is 1. The van der Waals surface area contributed by atoms with Crippen molar-refractivity contribution in [2.45, 2.75) is 71.8 Å². The van der Waals surface area contributed by atoms with Gasteiger partial charge >= 0.3 is 11.9 Å². The maximum Gasteiger partial charge on any atom is 0.350 e. The molecule has 0 spiro atoms. The number of carbonyl (C=O) groups is 2. The standard InChI is InChI=1S/C19H29NO5/c1-7-15(16(21)22)20-12-13-8-10-14(11-9-13)24-19(5,6)17(23)25-18(2,3)4/h8-11,15,20H,7,12H2,1-6H3,(H,21,22). The van der Waals surface area contributed by atoms with Crippen LogP contribution in [0, 0.1) is 0 Å². The molecular formula is C19H29NO5. The average molecular weight is 351 g/mol. The second-order valence-corrected chi connectivity index (χ2v) is 7.44. The Hall–Kier alpha value is -2.08. The first kappa shape index (κ1) is 21.0. The summed E-state index contributed by atoms with van der Waals surface area (Å²) in [6.07, 6.45) is 0.514. The van der Waals surface area contributed by atoms with E-state index in [0.717, 1.165) is 5.56 Å². The van der Waals surface area contributed by atoms with Crippen LogP contribution in [0.15, 0.2) is 24.3 Å². The van der Waals surface area contributed by atoms with Gasteiger partial charge in [0, 0.05) is 6.54 Å². The van der Waals surface area contributed by atoms with Crippen molar-refractivity contribution in [3.05, 3.63) is 29.8 Å². The zero-order chi connectivity index (χ0) is 19.3. The van der Waals surface area contributed by atoms with E-state index in [4.69, 9.17) is 14.6 Å². The topological polar surface area (TPSA) is 84.9 Å². The molecule has 1 unspecified atom stereocenters. The van der Waals surface area contributed by atoms with Crippen molar-refractivity contribution in [1.82, 2.24) is 5.32 Å². The van der Waals surface area contributed by atoms with Crippen molar-refractivity contribution < 1.29 is 24.2 Å². The van der Waals surface area contributed by atoms with Crippen molar-refractivity contribution in [3.8, 4) is 5.75 Å². The van der Waals surface area contributed by atoms with Crippen LogP contribution in [0.3, 0.4) is 0 Å². The first-order valence-electron chi connectivity index (χ1n) is 8.42. The Morgan fingerprint density at radius 3 is 2.12 bits per heavy atom. The van der Waals surface area contributed by atoms with Crippen LogP contribution in [0.1, 0.15) is 53.5 Å². The summed E-state index contributed by atoms with van der Waals surface area (Å²) in [6.45, 7) is 11.0. The van der Waals surface area contributed by atoms with Gasteiger partial charge in [0.1, 0.15) is 17.4 Å². The van der Waals surface area contributed by atoms with E-state index in [0.29, 0.717) is 18.7 Å². The van der Waals surface area contributed by atoms with Gasteiger partial charge in [-0.15, -0.1) is 0 Å². The zero-order valence-corrected chi connectivity index (χ0v) is 15.9. The number of hydrogen-bond acceptors (Lipinski definition) is 5. The third kappa shape index (κ3) is 7.13. The Balaban J connectivity index is 2.67. The number of carbonyl (C=O) groups excluding carboxylic acids is 1. The molecule has 6 nitrogen and oxygen atoms in total. The summed E-state index contributed by atoms with van der Waals surface area (Å²) >= 11 is 0. The molecule has 0 heterocycles. The van der Waals surface area contributed by atoms with Gasteiger partial charge in [0.25, 0.3) is 0 Å². The van der Waals surface area contributed by atoms with Crippen LogP contribution < -0.4 is 10.1 Å². The van der Waals surface area contributed by atoms with E-state index in [1.807, 2.05) is 39.8 Å². The number of aliphatic carboxylic acids is 1. The Kier molecular flexibility index (Phi) is 6.99. The smallest absolute Gasteiger partial charge is 0.350 e. The third-order valence-corrected chi connectivity index (χ3v) is 3.45. The summed E-state index contributed by atoms with van der Waals surface area (Å²) in [5.74, 6) is -0.746. The fourth-order valence-corrected chi connectivity index (χ4v) is 2.06. The van der Waals surface area contributed by atoms with Crippen molar-refractivity contribution in [2.24, 2.45) is 0 Å². The molecule has 0 aromatic heterocycles. The highest BCUT2D eigenvalue weighted by atomic mass is 16.6. The van der Waals surface area contributed by atoms with Gasteiger partial charge in [-0.3, -0.25) is 4.79 Å². The number of esters is 1. The maximum absolute atomic E-state index is 12.2. The van der Waals surface area contributed by atoms with Crippen molar-refractivity contribution in [1.29, 1.82) is 0 Å². The second kappa shape index (κ2) is 8.34. The van der Waals surface area contributed by atoms with Crippen molar-refractivity contribution >= 4 is 11.9 Å². The van der Waals surface area contributed by atoms with Crippen LogP contribution in [0.5, 0.6) is 5.75 Å². The van der Waals surface area contributed by atoms with Crippen LogP contribution in [0.2, 0.25) is 0 Å². The predicted molar refractivity (Wildman–Crippen MR) is 95.5 cm³/mol. The summed E-state index contributed by atoms with van der Waals surface area (Å²) in [7, 11) is 0. The lowest BCUT2D eigenvalue weighted by Gasteiger charge is -2.29. The van der Waals surface area contributed by atoms with Crippen LogP contribution in [-0.4, -0.2) is 34.3 Å². The van der Waals surface area contributed by atoms with Crippen LogP contribution in [-0.2, 0) is 20.9 Å². The lowest BCUT2D eigenvalue weighted by molar-refractivity contribution is -0.170. The predicted octanol–water partition coefficient (Wildman–Crippen LogP) is 3.14. The zero-order valence-electron chi connectivity index (χ0n) is 15.9. The van der Waals surface area contributed by atoms with Gasteiger partial charge in [0.05, 0.1) is 0 Å². The minimum atomic E-state index is -1.11. The highest BCUT2D eigenvalue weighted by molar-refractivity contribution is 5.79. The maximum atomic E-state index is 12.2. The average Bonchev–Trinajstić information content (AvgIpc) is 2.47. The van der Waals surface area contributed by atoms with Gasteiger partial charge in [0.15, 0.2) is 5.60 Å². The Morgan fingerprint density at radius 2 is 1.68 bits per heavy atom. The van der Waals surface area contributed by atoms with Gasteiger partial charge in [-0.2, -0.15) is 0 Å². The van der Waals surface area contributed by atoms with Gasteiger partial charge in [-0.1, -0.05) is 19.1 Å². The monoisotopic (exact) mass is 351 g/mol. The number of hydrogen-bond donors (Lipinski definition) is 2. The first-order chi connectivity index (χ1) is 11.4. The molecule has 0 radical (unpaired) electrons. The molecule has 1 atom stereocenters. The Morgan fingerprint density at radius 1 is 1.12 bits per heavy atom. The third-order valence-electron chi connectivity index (χ3n) is 3.45. The molecule has 0 fully saturated rings. The molecule has 0 saturated heterocycles. The lowest BCUT2D eigenvalue weighted by atomic mass is 10.1. The number of rotatable bonds is 8. The van der Waals surface area contributed by atoms with Crippen LogP contribution in [0.4, 0.5) is 0 Å². The molecule has 1 rings (SSSR count). The SMILES string of the molecule is CCC(NCc1ccc(OC(C)(C)C(=O)OC(C)(C)C)cc1)C(=O)O. The van der Waals surface area contributed by atoms with E-state index in [1.165, 1.54) is 0 Å². The Bertz CT molecular complexity index is 587. The first-order valence-corrected chi connectivity index (χ1v) is 8.42. The highest BCUT2D eigenvalue weighted by Gasteiger charge is 2.34. The van der Waals surface area contributed by atoms with E-state index in [1.54, 1.807) is 26.0 Å². The molecule has 0 bridgehead atoms. The number of carboxylic acid groups (broad SMARTS) is 1. The molecule has 0 saturated carbocycles. The van der Waals surface area contributed by atoms with Crippen molar-refractivity contribution in [3.63, 3.8) is 0 Å². The Labute approximate surface area is 149 Å². The molecule has 2 N–H and O–H groups in total. The molecule has 1 aromatic carbocycles. The summed E-state index contributed by atoms with van der Waals surface area (Å²) in [6, 6.07) is 6.61. The van der Waals surface area contributed by atoms with Gasteiger partial charge in [-0.05, 0) is 58.7 Å². The molecule has 0 aliphatic carbocycles. The molecule has 25 heavy (non-hydrogen) atoms. The number of nitrogens with one attached hydrogen (secondary N) is 1. The summed E-state index contributed by atoms with van der Waals surface area (Å²) < 4.78 is 11.1. The second-order valence-electron chi connectivity index (χ2n) is 7.44. The van der Waals surface area contributed by atoms with Gasteiger partial charge in [-0.25, -0.2) is 4.79 Å². The minimum Gasteiger partial charge on any atom is -0.480 e. The van der Waals surface area contributed by atoms with Gasteiger partial charge in [0.2, 0.25) is 0 Å².